The fourth-order valence-corrected chi connectivity index (χ4v) is 0.348. The molecule has 5 heteroatoms. The van der Waals surface area contributed by atoms with Gasteiger partial charge in [-0.1, -0.05) is 12.1 Å². The smallest absolute Gasteiger partial charge is 0.217 e. The molecule has 5 nitrogen and oxygen atoms in total. The molecule has 12 heavy (non-hydrogen) atoms. The van der Waals surface area contributed by atoms with Crippen LogP contribution in [-0.2, 0) is 4.84 Å². The van der Waals surface area contributed by atoms with Gasteiger partial charge in [-0.25, -0.2) is 0 Å². The maximum absolute atomic E-state index is 7.13. The van der Waals surface area contributed by atoms with Crippen molar-refractivity contribution in [3.8, 4) is 0 Å². The van der Waals surface area contributed by atoms with E-state index in [1.165, 1.54) is 0 Å². The predicted molar refractivity (Wildman–Crippen MR) is 49.5 cm³/mol. The van der Waals surface area contributed by atoms with Gasteiger partial charge in [-0.3, -0.25) is 5.41 Å². The minimum atomic E-state index is 0.124. The first-order valence-electron chi connectivity index (χ1n) is 3.65. The fourth-order valence-electron chi connectivity index (χ4n) is 0.348. The van der Waals surface area contributed by atoms with Gasteiger partial charge in [0.15, 0.2) is 0 Å². The minimum Gasteiger partial charge on any atom is -0.342 e. The van der Waals surface area contributed by atoms with Crippen molar-refractivity contribution in [1.29, 1.82) is 5.41 Å². The molecule has 0 aliphatic carbocycles. The van der Waals surface area contributed by atoms with Crippen LogP contribution in [-0.4, -0.2) is 17.3 Å². The number of nitrogens with one attached hydrogen (secondary N) is 1. The van der Waals surface area contributed by atoms with Crippen molar-refractivity contribution in [2.75, 3.05) is 0 Å². The van der Waals surface area contributed by atoms with Crippen molar-refractivity contribution in [3.63, 3.8) is 0 Å². The normalized spacial score (nSPS) is 12.9. The molecule has 0 spiro atoms. The number of rotatable bonds is 3. The van der Waals surface area contributed by atoms with E-state index in [0.29, 0.717) is 17.8 Å². The Bertz CT molecular complexity index is 219. The standard InChI is InChI=1S/C7H14N4O/c1-4-7(8)12-11-6(3)5(2)10-9/h8H,4,9H2,1-3H3/b8-7?,10-5+,11-6+. The average molecular weight is 170 g/mol. The number of hydrogen-bond acceptors (Lipinski definition) is 5. The topological polar surface area (TPSA) is 83.8 Å². The molecule has 0 saturated carbocycles. The van der Waals surface area contributed by atoms with Crippen molar-refractivity contribution in [2.45, 2.75) is 27.2 Å². The maximum atomic E-state index is 7.13. The molecule has 0 atom stereocenters. The van der Waals surface area contributed by atoms with Gasteiger partial charge in [0.05, 0.1) is 5.71 Å². The zero-order valence-corrected chi connectivity index (χ0v) is 7.59. The summed E-state index contributed by atoms with van der Waals surface area (Å²) in [7, 11) is 0. The van der Waals surface area contributed by atoms with Crippen LogP contribution in [0, 0.1) is 5.41 Å². The van der Waals surface area contributed by atoms with Gasteiger partial charge in [0.25, 0.3) is 0 Å². The Hall–Kier alpha value is -1.39. The Morgan fingerprint density at radius 1 is 1.42 bits per heavy atom. The van der Waals surface area contributed by atoms with Gasteiger partial charge in [0, 0.05) is 6.42 Å². The highest BCUT2D eigenvalue weighted by Gasteiger charge is 1.97. The Morgan fingerprint density at radius 3 is 2.42 bits per heavy atom. The molecular weight excluding hydrogens is 156 g/mol. The molecule has 3 N–H and O–H groups in total. The predicted octanol–water partition coefficient (Wildman–Crippen LogP) is 1.10. The van der Waals surface area contributed by atoms with Gasteiger partial charge in [0.1, 0.15) is 5.71 Å². The zero-order chi connectivity index (χ0) is 9.56. The molecule has 0 aromatic heterocycles. The third-order valence-corrected chi connectivity index (χ3v) is 1.33. The fraction of sp³-hybridized carbons (Fsp3) is 0.571. The third-order valence-electron chi connectivity index (χ3n) is 1.33. The van der Waals surface area contributed by atoms with Crippen LogP contribution in [0.15, 0.2) is 10.3 Å². The van der Waals surface area contributed by atoms with Crippen LogP contribution in [0.4, 0.5) is 0 Å². The van der Waals surface area contributed by atoms with Crippen molar-refractivity contribution < 1.29 is 4.84 Å². The summed E-state index contributed by atoms with van der Waals surface area (Å²) in [4.78, 5) is 4.71. The van der Waals surface area contributed by atoms with Crippen molar-refractivity contribution >= 4 is 17.3 Å². The molecule has 0 amide bonds. The SMILES string of the molecule is CCC(=N)O/N=C(C)/C(C)=N/N. The number of nitrogens with two attached hydrogens (primary N) is 1. The van der Waals surface area contributed by atoms with E-state index in [4.69, 9.17) is 16.1 Å². The maximum Gasteiger partial charge on any atom is 0.217 e. The summed E-state index contributed by atoms with van der Waals surface area (Å²) in [5.74, 6) is 5.13. The van der Waals surface area contributed by atoms with E-state index in [0.717, 1.165) is 0 Å². The van der Waals surface area contributed by atoms with Crippen molar-refractivity contribution in [1.82, 2.24) is 0 Å². The number of nitrogens with zero attached hydrogens (tertiary/aromatic N) is 2. The molecule has 0 radical (unpaired) electrons. The number of hydrogen-bond donors (Lipinski definition) is 2. The van der Waals surface area contributed by atoms with Gasteiger partial charge in [0.2, 0.25) is 5.90 Å². The molecule has 0 aromatic carbocycles. The molecule has 0 fully saturated rings. The number of oxime groups is 1. The second-order valence-electron chi connectivity index (χ2n) is 2.26. The molecule has 0 aromatic rings. The van der Waals surface area contributed by atoms with Gasteiger partial charge in [-0.15, -0.1) is 0 Å². The van der Waals surface area contributed by atoms with Crippen molar-refractivity contribution in [3.05, 3.63) is 0 Å². The lowest BCUT2D eigenvalue weighted by Gasteiger charge is -1.98. The zero-order valence-electron chi connectivity index (χ0n) is 7.59. The second kappa shape index (κ2) is 5.29. The summed E-state index contributed by atoms with van der Waals surface area (Å²) < 4.78 is 0. The first-order chi connectivity index (χ1) is 5.61. The Morgan fingerprint density at radius 2 is 2.00 bits per heavy atom. The Kier molecular flexibility index (Phi) is 4.67. The third kappa shape index (κ3) is 3.70. The quantitative estimate of drug-likeness (QED) is 0.287. The van der Waals surface area contributed by atoms with Crippen LogP contribution >= 0.6 is 0 Å². The molecule has 0 bridgehead atoms. The molecule has 0 unspecified atom stereocenters. The molecule has 0 saturated heterocycles. The summed E-state index contributed by atoms with van der Waals surface area (Å²) in [5.41, 5.74) is 1.18. The summed E-state index contributed by atoms with van der Waals surface area (Å²) in [6.07, 6.45) is 0.523. The lowest BCUT2D eigenvalue weighted by molar-refractivity contribution is 0.316. The highest BCUT2D eigenvalue weighted by atomic mass is 16.6. The molecule has 68 valence electrons. The lowest BCUT2D eigenvalue weighted by atomic mass is 10.3. The van der Waals surface area contributed by atoms with E-state index < -0.39 is 0 Å². The van der Waals surface area contributed by atoms with Crippen molar-refractivity contribution in [2.24, 2.45) is 16.1 Å². The summed E-state index contributed by atoms with van der Waals surface area (Å²) in [6.45, 7) is 5.25. The average Bonchev–Trinajstić information content (AvgIpc) is 2.11. The minimum absolute atomic E-state index is 0.124. The van der Waals surface area contributed by atoms with Gasteiger partial charge in [-0.2, -0.15) is 5.10 Å². The van der Waals surface area contributed by atoms with Crippen LogP contribution in [0.3, 0.4) is 0 Å². The monoisotopic (exact) mass is 170 g/mol. The molecular formula is C7H14N4O. The first-order valence-corrected chi connectivity index (χ1v) is 3.65. The van der Waals surface area contributed by atoms with Gasteiger partial charge >= 0.3 is 0 Å². The highest BCUT2D eigenvalue weighted by Crippen LogP contribution is 1.89. The summed E-state index contributed by atoms with van der Waals surface area (Å²) >= 11 is 0. The second-order valence-corrected chi connectivity index (χ2v) is 2.26. The lowest BCUT2D eigenvalue weighted by Crippen LogP contribution is -2.10. The van der Waals surface area contributed by atoms with Gasteiger partial charge < -0.3 is 10.7 Å². The van der Waals surface area contributed by atoms with E-state index >= 15 is 0 Å². The molecule has 0 rings (SSSR count). The van der Waals surface area contributed by atoms with E-state index in [2.05, 4.69) is 10.3 Å². The Labute approximate surface area is 71.8 Å². The molecule has 0 aliphatic rings. The van der Waals surface area contributed by atoms with E-state index in [-0.39, 0.29) is 5.90 Å². The van der Waals surface area contributed by atoms with E-state index in [1.54, 1.807) is 13.8 Å². The Balaban J connectivity index is 4.10. The van der Waals surface area contributed by atoms with Crippen LogP contribution in [0.1, 0.15) is 27.2 Å². The largest absolute Gasteiger partial charge is 0.342 e. The van der Waals surface area contributed by atoms with E-state index in [1.807, 2.05) is 6.92 Å². The van der Waals surface area contributed by atoms with Crippen LogP contribution in [0.2, 0.25) is 0 Å². The molecule has 0 heterocycles. The highest BCUT2D eigenvalue weighted by molar-refractivity contribution is 6.40. The van der Waals surface area contributed by atoms with Crippen LogP contribution < -0.4 is 5.84 Å². The summed E-state index contributed by atoms with van der Waals surface area (Å²) in [5, 5.41) is 14.2. The van der Waals surface area contributed by atoms with Crippen LogP contribution in [0.5, 0.6) is 0 Å². The summed E-state index contributed by atoms with van der Waals surface area (Å²) in [6, 6.07) is 0. The van der Waals surface area contributed by atoms with Crippen LogP contribution in [0.25, 0.3) is 0 Å². The molecule has 0 aliphatic heterocycles. The van der Waals surface area contributed by atoms with Gasteiger partial charge in [-0.05, 0) is 13.8 Å². The first kappa shape index (κ1) is 10.6. The number of hydrazone groups is 1. The van der Waals surface area contributed by atoms with E-state index in [9.17, 15) is 0 Å².